The van der Waals surface area contributed by atoms with Gasteiger partial charge in [0.15, 0.2) is 0 Å². The number of hydrogen-bond donors (Lipinski definition) is 1. The molecule has 0 saturated carbocycles. The number of sulfonamides is 1. The standard InChI is InChI=1S/C18H22N2O5S/c1-20(26(3,22)23)13-17-9-8-16(25-17)10-11-18(21)19-12-14-4-6-15(24-2)7-5-14/h4-11H,12-13H2,1-3H3,(H,19,21)/b11-10+. The topological polar surface area (TPSA) is 88.9 Å². The van der Waals surface area contributed by atoms with E-state index in [1.165, 1.54) is 23.5 Å². The van der Waals surface area contributed by atoms with Crippen LogP contribution in [0.15, 0.2) is 46.9 Å². The van der Waals surface area contributed by atoms with Crippen LogP contribution in [-0.4, -0.2) is 39.0 Å². The second-order valence-electron chi connectivity index (χ2n) is 5.72. The molecular formula is C18H22N2O5S. The highest BCUT2D eigenvalue weighted by atomic mass is 32.2. The van der Waals surface area contributed by atoms with Crippen LogP contribution in [0.5, 0.6) is 5.75 Å². The Morgan fingerprint density at radius 3 is 2.54 bits per heavy atom. The summed E-state index contributed by atoms with van der Waals surface area (Å²) in [4.78, 5) is 11.9. The van der Waals surface area contributed by atoms with Gasteiger partial charge in [-0.3, -0.25) is 4.79 Å². The third-order valence-corrected chi connectivity index (χ3v) is 4.91. The molecule has 0 aliphatic carbocycles. The maximum Gasteiger partial charge on any atom is 0.244 e. The first-order chi connectivity index (χ1) is 12.3. The van der Waals surface area contributed by atoms with Crippen LogP contribution in [0.3, 0.4) is 0 Å². The van der Waals surface area contributed by atoms with Crippen LogP contribution >= 0.6 is 0 Å². The van der Waals surface area contributed by atoms with E-state index in [2.05, 4.69) is 5.32 Å². The number of nitrogens with one attached hydrogen (secondary N) is 1. The molecule has 140 valence electrons. The van der Waals surface area contributed by atoms with Gasteiger partial charge in [-0.25, -0.2) is 8.42 Å². The number of carbonyl (C=O) groups excluding carboxylic acids is 1. The van der Waals surface area contributed by atoms with Crippen molar-refractivity contribution in [3.05, 3.63) is 59.6 Å². The van der Waals surface area contributed by atoms with Crippen LogP contribution in [-0.2, 0) is 27.9 Å². The van der Waals surface area contributed by atoms with E-state index in [-0.39, 0.29) is 12.5 Å². The van der Waals surface area contributed by atoms with Crippen LogP contribution in [0.2, 0.25) is 0 Å². The predicted molar refractivity (Wildman–Crippen MR) is 98.9 cm³/mol. The third kappa shape index (κ3) is 6.05. The van der Waals surface area contributed by atoms with Crippen molar-refractivity contribution < 1.29 is 22.4 Å². The molecule has 1 aromatic heterocycles. The molecule has 0 saturated heterocycles. The molecule has 1 heterocycles. The fraction of sp³-hybridized carbons (Fsp3) is 0.278. The summed E-state index contributed by atoms with van der Waals surface area (Å²) < 4.78 is 34.5. The molecule has 1 N–H and O–H groups in total. The van der Waals surface area contributed by atoms with Crippen molar-refractivity contribution in [1.29, 1.82) is 0 Å². The summed E-state index contributed by atoms with van der Waals surface area (Å²) in [5.41, 5.74) is 0.955. The Labute approximate surface area is 153 Å². The van der Waals surface area contributed by atoms with Crippen molar-refractivity contribution in [2.45, 2.75) is 13.1 Å². The Hall–Kier alpha value is -2.58. The van der Waals surface area contributed by atoms with Gasteiger partial charge in [0.05, 0.1) is 19.9 Å². The van der Waals surface area contributed by atoms with E-state index in [0.717, 1.165) is 17.6 Å². The zero-order chi connectivity index (χ0) is 19.2. The number of methoxy groups -OCH3 is 1. The smallest absolute Gasteiger partial charge is 0.244 e. The van der Waals surface area contributed by atoms with Crippen molar-refractivity contribution >= 4 is 22.0 Å². The summed E-state index contributed by atoms with van der Waals surface area (Å²) >= 11 is 0. The molecule has 0 aliphatic rings. The number of furan rings is 1. The highest BCUT2D eigenvalue weighted by Gasteiger charge is 2.13. The molecule has 2 rings (SSSR count). The van der Waals surface area contributed by atoms with Crippen LogP contribution < -0.4 is 10.1 Å². The average molecular weight is 378 g/mol. The summed E-state index contributed by atoms with van der Waals surface area (Å²) in [6.45, 7) is 0.534. The van der Waals surface area contributed by atoms with E-state index in [4.69, 9.17) is 9.15 Å². The lowest BCUT2D eigenvalue weighted by Gasteiger charge is -2.11. The molecular weight excluding hydrogens is 356 g/mol. The van der Waals surface area contributed by atoms with Gasteiger partial charge in [-0.15, -0.1) is 0 Å². The number of benzene rings is 1. The van der Waals surface area contributed by atoms with E-state index in [9.17, 15) is 13.2 Å². The number of nitrogens with zero attached hydrogens (tertiary/aromatic N) is 1. The summed E-state index contributed by atoms with van der Waals surface area (Å²) in [6.07, 6.45) is 4.03. The Balaban J connectivity index is 1.85. The molecule has 2 aromatic rings. The Morgan fingerprint density at radius 1 is 1.23 bits per heavy atom. The second-order valence-corrected chi connectivity index (χ2v) is 7.81. The third-order valence-electron chi connectivity index (χ3n) is 3.65. The molecule has 26 heavy (non-hydrogen) atoms. The van der Waals surface area contributed by atoms with E-state index in [1.54, 1.807) is 19.2 Å². The molecule has 0 spiro atoms. The predicted octanol–water partition coefficient (Wildman–Crippen LogP) is 2.01. The monoisotopic (exact) mass is 378 g/mol. The van der Waals surface area contributed by atoms with Gasteiger partial charge in [0.2, 0.25) is 15.9 Å². The van der Waals surface area contributed by atoms with E-state index in [1.807, 2.05) is 24.3 Å². The Kier molecular flexibility index (Phi) is 6.59. The first kappa shape index (κ1) is 19.7. The fourth-order valence-electron chi connectivity index (χ4n) is 2.06. The van der Waals surface area contributed by atoms with Crippen molar-refractivity contribution in [1.82, 2.24) is 9.62 Å². The quantitative estimate of drug-likeness (QED) is 0.710. The fourth-order valence-corrected chi connectivity index (χ4v) is 2.42. The van der Waals surface area contributed by atoms with Gasteiger partial charge < -0.3 is 14.5 Å². The summed E-state index contributed by atoms with van der Waals surface area (Å²) in [6, 6.07) is 10.8. The van der Waals surface area contributed by atoms with Crippen molar-refractivity contribution in [3.8, 4) is 5.75 Å². The van der Waals surface area contributed by atoms with E-state index < -0.39 is 10.0 Å². The van der Waals surface area contributed by atoms with E-state index in [0.29, 0.717) is 18.1 Å². The van der Waals surface area contributed by atoms with Gasteiger partial charge in [-0.05, 0) is 35.9 Å². The number of ether oxygens (including phenoxy) is 1. The highest BCUT2D eigenvalue weighted by Crippen LogP contribution is 2.13. The first-order valence-electron chi connectivity index (χ1n) is 7.87. The van der Waals surface area contributed by atoms with Gasteiger partial charge in [0, 0.05) is 19.7 Å². The normalized spacial score (nSPS) is 11.8. The lowest BCUT2D eigenvalue weighted by molar-refractivity contribution is -0.116. The number of hydrogen-bond acceptors (Lipinski definition) is 5. The van der Waals surface area contributed by atoms with E-state index >= 15 is 0 Å². The number of rotatable bonds is 8. The van der Waals surface area contributed by atoms with Gasteiger partial charge >= 0.3 is 0 Å². The minimum atomic E-state index is -3.27. The minimum Gasteiger partial charge on any atom is -0.497 e. The minimum absolute atomic E-state index is 0.135. The molecule has 0 fully saturated rings. The highest BCUT2D eigenvalue weighted by molar-refractivity contribution is 7.88. The van der Waals surface area contributed by atoms with Gasteiger partial charge in [0.1, 0.15) is 17.3 Å². The molecule has 0 bridgehead atoms. The molecule has 0 radical (unpaired) electrons. The molecule has 0 atom stereocenters. The number of carbonyl (C=O) groups is 1. The zero-order valence-electron chi connectivity index (χ0n) is 14.9. The van der Waals surface area contributed by atoms with Crippen LogP contribution in [0.4, 0.5) is 0 Å². The lowest BCUT2D eigenvalue weighted by atomic mass is 10.2. The van der Waals surface area contributed by atoms with Crippen LogP contribution in [0, 0.1) is 0 Å². The van der Waals surface area contributed by atoms with Crippen LogP contribution in [0.1, 0.15) is 17.1 Å². The molecule has 0 aliphatic heterocycles. The SMILES string of the molecule is COc1ccc(CNC(=O)/C=C/c2ccc(CN(C)S(C)(=O)=O)o2)cc1. The van der Waals surface area contributed by atoms with Crippen molar-refractivity contribution in [3.63, 3.8) is 0 Å². The zero-order valence-corrected chi connectivity index (χ0v) is 15.7. The molecule has 0 unspecified atom stereocenters. The molecule has 1 amide bonds. The van der Waals surface area contributed by atoms with Gasteiger partial charge in [-0.1, -0.05) is 12.1 Å². The summed E-state index contributed by atoms with van der Waals surface area (Å²) in [7, 11) is -0.202. The molecule has 7 nitrogen and oxygen atoms in total. The van der Waals surface area contributed by atoms with Crippen molar-refractivity contribution in [2.75, 3.05) is 20.4 Å². The number of amides is 1. The maximum absolute atomic E-state index is 11.9. The molecule has 1 aromatic carbocycles. The Morgan fingerprint density at radius 2 is 1.92 bits per heavy atom. The maximum atomic E-state index is 11.9. The van der Waals surface area contributed by atoms with Crippen molar-refractivity contribution in [2.24, 2.45) is 0 Å². The Bertz CT molecular complexity index is 869. The van der Waals surface area contributed by atoms with Gasteiger partial charge in [-0.2, -0.15) is 4.31 Å². The largest absolute Gasteiger partial charge is 0.497 e. The first-order valence-corrected chi connectivity index (χ1v) is 9.71. The molecule has 8 heteroatoms. The average Bonchev–Trinajstić information content (AvgIpc) is 3.05. The summed E-state index contributed by atoms with van der Waals surface area (Å²) in [5, 5.41) is 2.77. The second kappa shape index (κ2) is 8.68. The van der Waals surface area contributed by atoms with Crippen LogP contribution in [0.25, 0.3) is 6.08 Å². The summed E-state index contributed by atoms with van der Waals surface area (Å²) in [5.74, 6) is 1.47. The lowest BCUT2D eigenvalue weighted by Crippen LogP contribution is -2.24. The van der Waals surface area contributed by atoms with Gasteiger partial charge in [0.25, 0.3) is 0 Å².